The number of anilines is 2. The molecule has 0 aliphatic rings. The lowest BCUT2D eigenvalue weighted by molar-refractivity contribution is 0.101. The molecule has 1 heterocycles. The van der Waals surface area contributed by atoms with Gasteiger partial charge in [-0.25, -0.2) is 0 Å². The lowest BCUT2D eigenvalue weighted by Crippen LogP contribution is -2.14. The van der Waals surface area contributed by atoms with Crippen molar-refractivity contribution in [2.45, 2.75) is 6.61 Å². The fourth-order valence-corrected chi connectivity index (χ4v) is 4.88. The normalized spacial score (nSPS) is 10.7. The number of hydrogen-bond acceptors (Lipinski definition) is 7. The van der Waals surface area contributed by atoms with Crippen molar-refractivity contribution in [2.75, 3.05) is 10.6 Å². The molecule has 0 spiro atoms. The number of carbonyl (C=O) groups excluding carboxylic acids is 2. The molecule has 1 aromatic heterocycles. The van der Waals surface area contributed by atoms with Crippen LogP contribution in [0.3, 0.4) is 0 Å². The number of amides is 2. The third-order valence-electron chi connectivity index (χ3n) is 5.67. The molecular weight excluding hydrogens is 571 g/mol. The van der Waals surface area contributed by atoms with Gasteiger partial charge in [0.1, 0.15) is 18.1 Å². The van der Waals surface area contributed by atoms with Crippen molar-refractivity contribution in [3.63, 3.8) is 0 Å². The van der Waals surface area contributed by atoms with Gasteiger partial charge in [-0.1, -0.05) is 64.9 Å². The Balaban J connectivity index is 1.17. The zero-order valence-electron chi connectivity index (χ0n) is 20.6. The first-order valence-corrected chi connectivity index (χ1v) is 13.4. The number of phenols is 1. The van der Waals surface area contributed by atoms with Crippen molar-refractivity contribution < 1.29 is 19.4 Å². The zero-order valence-corrected chi connectivity index (χ0v) is 22.9. The van der Waals surface area contributed by atoms with E-state index in [1.807, 2.05) is 30.3 Å². The summed E-state index contributed by atoms with van der Waals surface area (Å²) in [5, 5.41) is 24.6. The molecule has 200 valence electrons. The predicted molar refractivity (Wildman–Crippen MR) is 157 cm³/mol. The van der Waals surface area contributed by atoms with Crippen LogP contribution in [0.2, 0.25) is 10.0 Å². The second kappa shape index (κ2) is 12.2. The Labute approximate surface area is 243 Å². The summed E-state index contributed by atoms with van der Waals surface area (Å²) in [5.74, 6) is -0.248. The molecule has 0 aliphatic carbocycles. The molecular formula is C29H20Cl2N4O4S. The van der Waals surface area contributed by atoms with Crippen molar-refractivity contribution >= 4 is 57.2 Å². The van der Waals surface area contributed by atoms with Gasteiger partial charge >= 0.3 is 0 Å². The average molecular weight is 591 g/mol. The number of hydrogen-bond donors (Lipinski definition) is 3. The molecule has 3 N–H and O–H groups in total. The molecule has 11 heteroatoms. The molecule has 0 saturated carbocycles. The number of rotatable bonds is 8. The third kappa shape index (κ3) is 6.58. The summed E-state index contributed by atoms with van der Waals surface area (Å²) in [7, 11) is 0. The summed E-state index contributed by atoms with van der Waals surface area (Å²) in [6.07, 6.45) is 0. The SMILES string of the molecule is O=C(Nc1ccc(OCc2ccccc2)cc1)c1ccc(C(=O)Nc2nnc(-c3cc(Cl)cc(Cl)c3O)s2)cc1. The molecule has 2 amide bonds. The fourth-order valence-electron chi connectivity index (χ4n) is 3.63. The Kier molecular flexibility index (Phi) is 8.26. The smallest absolute Gasteiger partial charge is 0.257 e. The van der Waals surface area contributed by atoms with Gasteiger partial charge in [0, 0.05) is 21.8 Å². The number of aromatic hydroxyl groups is 1. The minimum atomic E-state index is -0.436. The Morgan fingerprint density at radius 3 is 2.15 bits per heavy atom. The number of halogens is 2. The molecule has 0 radical (unpaired) electrons. The molecule has 0 atom stereocenters. The van der Waals surface area contributed by atoms with Crippen LogP contribution < -0.4 is 15.4 Å². The van der Waals surface area contributed by atoms with Crippen LogP contribution in [0, 0.1) is 0 Å². The highest BCUT2D eigenvalue weighted by Gasteiger charge is 2.17. The van der Waals surface area contributed by atoms with Gasteiger partial charge in [-0.15, -0.1) is 10.2 Å². The lowest BCUT2D eigenvalue weighted by atomic mass is 10.1. The van der Waals surface area contributed by atoms with E-state index in [9.17, 15) is 14.7 Å². The van der Waals surface area contributed by atoms with Gasteiger partial charge in [0.15, 0.2) is 5.01 Å². The van der Waals surface area contributed by atoms with Gasteiger partial charge in [-0.05, 0) is 66.2 Å². The minimum Gasteiger partial charge on any atom is -0.506 e. The Morgan fingerprint density at radius 1 is 0.825 bits per heavy atom. The molecule has 5 rings (SSSR count). The molecule has 4 aromatic carbocycles. The molecule has 0 bridgehead atoms. The van der Waals surface area contributed by atoms with E-state index >= 15 is 0 Å². The van der Waals surface area contributed by atoms with Gasteiger partial charge in [0.05, 0.1) is 10.6 Å². The second-order valence-electron chi connectivity index (χ2n) is 8.48. The topological polar surface area (TPSA) is 113 Å². The maximum absolute atomic E-state index is 12.7. The number of carbonyl (C=O) groups is 2. The summed E-state index contributed by atoms with van der Waals surface area (Å²) in [6.45, 7) is 0.451. The number of nitrogens with zero attached hydrogens (tertiary/aromatic N) is 2. The standard InChI is InChI=1S/C29H20Cl2N4O4S/c30-20-14-23(25(36)24(31)15-20)28-34-35-29(40-28)33-27(38)19-8-6-18(7-9-19)26(37)32-21-10-12-22(13-11-21)39-16-17-4-2-1-3-5-17/h1-15,36H,16H2,(H,32,37)(H,33,35,38). The van der Waals surface area contributed by atoms with Gasteiger partial charge in [-0.3, -0.25) is 14.9 Å². The Hall–Kier alpha value is -4.44. The van der Waals surface area contributed by atoms with Crippen molar-refractivity contribution in [3.8, 4) is 22.1 Å². The molecule has 5 aromatic rings. The lowest BCUT2D eigenvalue weighted by Gasteiger charge is -2.09. The highest BCUT2D eigenvalue weighted by molar-refractivity contribution is 7.18. The van der Waals surface area contributed by atoms with Crippen LogP contribution in [-0.4, -0.2) is 27.1 Å². The van der Waals surface area contributed by atoms with E-state index in [4.69, 9.17) is 27.9 Å². The number of ether oxygens (including phenoxy) is 1. The highest BCUT2D eigenvalue weighted by atomic mass is 35.5. The van der Waals surface area contributed by atoms with E-state index in [1.54, 1.807) is 36.4 Å². The molecule has 0 unspecified atom stereocenters. The van der Waals surface area contributed by atoms with Gasteiger partial charge in [0.2, 0.25) is 5.13 Å². The Morgan fingerprint density at radius 2 is 1.48 bits per heavy atom. The maximum Gasteiger partial charge on any atom is 0.257 e. The van der Waals surface area contributed by atoms with Gasteiger partial charge < -0.3 is 15.2 Å². The first-order valence-electron chi connectivity index (χ1n) is 11.9. The summed E-state index contributed by atoms with van der Waals surface area (Å²) >= 11 is 13.0. The average Bonchev–Trinajstić information content (AvgIpc) is 3.43. The largest absolute Gasteiger partial charge is 0.506 e. The van der Waals surface area contributed by atoms with Crippen LogP contribution in [0.15, 0.2) is 91.0 Å². The van der Waals surface area contributed by atoms with Crippen molar-refractivity contribution in [2.24, 2.45) is 0 Å². The van der Waals surface area contributed by atoms with Crippen LogP contribution in [0.4, 0.5) is 10.8 Å². The highest BCUT2D eigenvalue weighted by Crippen LogP contribution is 2.39. The van der Waals surface area contributed by atoms with E-state index in [0.29, 0.717) is 44.8 Å². The maximum atomic E-state index is 12.7. The van der Waals surface area contributed by atoms with Crippen molar-refractivity contribution in [3.05, 3.63) is 118 Å². The molecule has 0 fully saturated rings. The molecule has 0 aliphatic heterocycles. The van der Waals surface area contributed by atoms with Crippen molar-refractivity contribution in [1.82, 2.24) is 10.2 Å². The Bertz CT molecular complexity index is 1660. The third-order valence-corrected chi connectivity index (χ3v) is 7.05. The van der Waals surface area contributed by atoms with Crippen LogP contribution >= 0.6 is 34.5 Å². The number of benzene rings is 4. The predicted octanol–water partition coefficient (Wildman–Crippen LogP) is 7.30. The van der Waals surface area contributed by atoms with E-state index in [2.05, 4.69) is 20.8 Å². The fraction of sp³-hybridized carbons (Fsp3) is 0.0345. The number of aromatic nitrogens is 2. The summed E-state index contributed by atoms with van der Waals surface area (Å²) in [4.78, 5) is 25.4. The quantitative estimate of drug-likeness (QED) is 0.175. The molecule has 40 heavy (non-hydrogen) atoms. The summed E-state index contributed by atoms with van der Waals surface area (Å²) < 4.78 is 5.77. The van der Waals surface area contributed by atoms with Crippen LogP contribution in [0.25, 0.3) is 10.6 Å². The van der Waals surface area contributed by atoms with E-state index in [1.165, 1.54) is 24.3 Å². The number of nitrogens with one attached hydrogen (secondary N) is 2. The van der Waals surface area contributed by atoms with E-state index in [-0.39, 0.29) is 21.8 Å². The van der Waals surface area contributed by atoms with Crippen LogP contribution in [0.1, 0.15) is 26.3 Å². The number of phenolic OH excluding ortho intramolecular Hbond substituents is 1. The minimum absolute atomic E-state index is 0.0808. The van der Waals surface area contributed by atoms with Crippen LogP contribution in [0.5, 0.6) is 11.5 Å². The summed E-state index contributed by atoms with van der Waals surface area (Å²) in [5.41, 5.74) is 2.68. The van der Waals surface area contributed by atoms with Crippen LogP contribution in [-0.2, 0) is 6.61 Å². The first-order chi connectivity index (χ1) is 19.4. The second-order valence-corrected chi connectivity index (χ2v) is 10.3. The molecule has 0 saturated heterocycles. The van der Waals surface area contributed by atoms with Crippen molar-refractivity contribution in [1.29, 1.82) is 0 Å². The molecule has 8 nitrogen and oxygen atoms in total. The zero-order chi connectivity index (χ0) is 28.1. The van der Waals surface area contributed by atoms with Gasteiger partial charge in [0.25, 0.3) is 11.8 Å². The monoisotopic (exact) mass is 590 g/mol. The first kappa shape index (κ1) is 27.1. The van der Waals surface area contributed by atoms with E-state index in [0.717, 1.165) is 16.9 Å². The summed E-state index contributed by atoms with van der Waals surface area (Å²) in [6, 6.07) is 26.0. The van der Waals surface area contributed by atoms with E-state index < -0.39 is 5.91 Å². The van der Waals surface area contributed by atoms with Gasteiger partial charge in [-0.2, -0.15) is 0 Å².